The van der Waals surface area contributed by atoms with E-state index in [2.05, 4.69) is 39.9 Å². The Balaban J connectivity index is 1.25. The first-order valence-electron chi connectivity index (χ1n) is 10.3. The zero-order chi connectivity index (χ0) is 17.8. The summed E-state index contributed by atoms with van der Waals surface area (Å²) in [5, 5.41) is 0. The van der Waals surface area contributed by atoms with E-state index in [0.717, 1.165) is 57.5 Å². The molecule has 0 bridgehead atoms. The molecule has 3 aliphatic heterocycles. The molecule has 1 spiro atoms. The molecule has 3 aliphatic rings. The van der Waals surface area contributed by atoms with Gasteiger partial charge in [-0.1, -0.05) is 6.07 Å². The summed E-state index contributed by atoms with van der Waals surface area (Å²) in [5.41, 5.74) is 2.40. The van der Waals surface area contributed by atoms with Crippen molar-refractivity contribution in [2.75, 3.05) is 59.1 Å². The van der Waals surface area contributed by atoms with Gasteiger partial charge in [0.2, 0.25) is 0 Å². The van der Waals surface area contributed by atoms with E-state index in [4.69, 9.17) is 9.47 Å². The van der Waals surface area contributed by atoms with Gasteiger partial charge in [0.1, 0.15) is 0 Å². The molecule has 1 unspecified atom stereocenters. The molecule has 0 N–H and O–H groups in total. The number of ether oxygens (including phenoxy) is 2. The predicted octanol–water partition coefficient (Wildman–Crippen LogP) is 2.14. The highest BCUT2D eigenvalue weighted by Gasteiger charge is 2.39. The Morgan fingerprint density at radius 2 is 2.04 bits per heavy atom. The van der Waals surface area contributed by atoms with Crippen LogP contribution in [0, 0.1) is 12.8 Å². The molecule has 1 atom stereocenters. The minimum Gasteiger partial charge on any atom is -0.381 e. The van der Waals surface area contributed by atoms with Crippen molar-refractivity contribution < 1.29 is 9.47 Å². The van der Waals surface area contributed by atoms with E-state index in [1.165, 1.54) is 44.6 Å². The van der Waals surface area contributed by atoms with E-state index in [1.54, 1.807) is 0 Å². The normalized spacial score (nSPS) is 27.2. The molecule has 5 nitrogen and oxygen atoms in total. The average molecular weight is 360 g/mol. The van der Waals surface area contributed by atoms with Crippen LogP contribution < -0.4 is 0 Å². The minimum atomic E-state index is 0.0843. The van der Waals surface area contributed by atoms with Crippen LogP contribution in [0.3, 0.4) is 0 Å². The summed E-state index contributed by atoms with van der Waals surface area (Å²) in [6.45, 7) is 11.6. The van der Waals surface area contributed by atoms with E-state index in [0.29, 0.717) is 0 Å². The monoisotopic (exact) mass is 359 g/mol. The molecule has 1 aromatic rings. The molecule has 0 aliphatic carbocycles. The van der Waals surface area contributed by atoms with Gasteiger partial charge in [0.15, 0.2) is 0 Å². The summed E-state index contributed by atoms with van der Waals surface area (Å²) >= 11 is 0. The fourth-order valence-electron chi connectivity index (χ4n) is 4.66. The summed E-state index contributed by atoms with van der Waals surface area (Å²) in [6.07, 6.45) is 4.60. The topological polar surface area (TPSA) is 37.8 Å². The van der Waals surface area contributed by atoms with Gasteiger partial charge in [-0.05, 0) is 44.2 Å². The molecule has 5 heteroatoms. The molecule has 0 aromatic carbocycles. The van der Waals surface area contributed by atoms with Crippen LogP contribution in [0.1, 0.15) is 30.7 Å². The third-order valence-corrected chi connectivity index (χ3v) is 6.27. The Hall–Kier alpha value is -1.01. The summed E-state index contributed by atoms with van der Waals surface area (Å²) in [6, 6.07) is 6.33. The summed E-state index contributed by atoms with van der Waals surface area (Å²) < 4.78 is 11.8. The summed E-state index contributed by atoms with van der Waals surface area (Å²) in [7, 11) is 0. The Morgan fingerprint density at radius 1 is 1.15 bits per heavy atom. The summed E-state index contributed by atoms with van der Waals surface area (Å²) in [5.74, 6) is 0.745. The van der Waals surface area contributed by atoms with E-state index in [9.17, 15) is 0 Å². The van der Waals surface area contributed by atoms with Crippen LogP contribution in [0.5, 0.6) is 0 Å². The number of rotatable bonds is 5. The van der Waals surface area contributed by atoms with Crippen molar-refractivity contribution in [3.63, 3.8) is 0 Å². The van der Waals surface area contributed by atoms with Crippen LogP contribution in [-0.4, -0.2) is 79.5 Å². The first-order chi connectivity index (χ1) is 12.7. The molecule has 4 rings (SSSR count). The van der Waals surface area contributed by atoms with E-state index < -0.39 is 0 Å². The maximum atomic E-state index is 6.32. The maximum absolute atomic E-state index is 6.32. The van der Waals surface area contributed by atoms with Crippen LogP contribution in [0.2, 0.25) is 0 Å². The molecule has 0 amide bonds. The van der Waals surface area contributed by atoms with Gasteiger partial charge in [-0.3, -0.25) is 9.88 Å². The molecule has 144 valence electrons. The molecule has 3 fully saturated rings. The zero-order valence-electron chi connectivity index (χ0n) is 16.2. The Morgan fingerprint density at radius 3 is 2.81 bits per heavy atom. The SMILES string of the molecule is Cc1cccc(CCN2CCOC3(CCN(CC4CCOC4)CC3)C2)n1. The fraction of sp³-hybridized carbons (Fsp3) is 0.762. The largest absolute Gasteiger partial charge is 0.381 e. The quantitative estimate of drug-likeness (QED) is 0.805. The predicted molar refractivity (Wildman–Crippen MR) is 102 cm³/mol. The highest BCUT2D eigenvalue weighted by Crippen LogP contribution is 2.31. The van der Waals surface area contributed by atoms with Crippen LogP contribution in [-0.2, 0) is 15.9 Å². The first-order valence-corrected chi connectivity index (χ1v) is 10.3. The lowest BCUT2D eigenvalue weighted by atomic mass is 9.88. The second-order valence-electron chi connectivity index (χ2n) is 8.36. The standard InChI is InChI=1S/C21H33N3O2/c1-18-3-2-4-20(22-18)5-9-24-12-14-26-21(17-24)7-10-23(11-8-21)15-19-6-13-25-16-19/h2-4,19H,5-17H2,1H3. The van der Waals surface area contributed by atoms with Crippen molar-refractivity contribution in [2.24, 2.45) is 5.92 Å². The van der Waals surface area contributed by atoms with Crippen LogP contribution >= 0.6 is 0 Å². The van der Waals surface area contributed by atoms with Gasteiger partial charge < -0.3 is 14.4 Å². The maximum Gasteiger partial charge on any atom is 0.0833 e. The number of piperidine rings is 1. The molecule has 4 heterocycles. The lowest BCUT2D eigenvalue weighted by Gasteiger charge is -2.47. The van der Waals surface area contributed by atoms with Crippen molar-refractivity contribution in [1.29, 1.82) is 0 Å². The Labute approximate surface area is 157 Å². The lowest BCUT2D eigenvalue weighted by molar-refractivity contribution is -0.136. The molecule has 1 aromatic heterocycles. The molecule has 0 radical (unpaired) electrons. The highest BCUT2D eigenvalue weighted by atomic mass is 16.5. The van der Waals surface area contributed by atoms with Crippen molar-refractivity contribution in [1.82, 2.24) is 14.8 Å². The van der Waals surface area contributed by atoms with E-state index in [-0.39, 0.29) is 5.60 Å². The molecule has 0 saturated carbocycles. The van der Waals surface area contributed by atoms with Gasteiger partial charge in [-0.25, -0.2) is 0 Å². The third-order valence-electron chi connectivity index (χ3n) is 6.27. The van der Waals surface area contributed by atoms with Gasteiger partial charge >= 0.3 is 0 Å². The number of aryl methyl sites for hydroxylation is 1. The third kappa shape index (κ3) is 4.63. The zero-order valence-corrected chi connectivity index (χ0v) is 16.2. The number of aromatic nitrogens is 1. The number of likely N-dealkylation sites (tertiary alicyclic amines) is 1. The van der Waals surface area contributed by atoms with E-state index in [1.807, 2.05) is 0 Å². The van der Waals surface area contributed by atoms with Gasteiger partial charge in [-0.2, -0.15) is 0 Å². The molecular weight excluding hydrogens is 326 g/mol. The molecule has 3 saturated heterocycles. The van der Waals surface area contributed by atoms with Gasteiger partial charge in [0.25, 0.3) is 0 Å². The minimum absolute atomic E-state index is 0.0843. The van der Waals surface area contributed by atoms with Crippen molar-refractivity contribution in [2.45, 2.75) is 38.2 Å². The van der Waals surface area contributed by atoms with Gasteiger partial charge in [0, 0.05) is 63.7 Å². The average Bonchev–Trinajstić information content (AvgIpc) is 3.16. The second kappa shape index (κ2) is 8.34. The molecular formula is C21H33N3O2. The van der Waals surface area contributed by atoms with Gasteiger partial charge in [-0.15, -0.1) is 0 Å². The van der Waals surface area contributed by atoms with Crippen LogP contribution in [0.15, 0.2) is 18.2 Å². The van der Waals surface area contributed by atoms with Crippen molar-refractivity contribution in [3.05, 3.63) is 29.6 Å². The lowest BCUT2D eigenvalue weighted by Crippen LogP contribution is -2.57. The highest BCUT2D eigenvalue weighted by molar-refractivity contribution is 5.10. The summed E-state index contributed by atoms with van der Waals surface area (Å²) in [4.78, 5) is 9.87. The Kier molecular flexibility index (Phi) is 5.89. The van der Waals surface area contributed by atoms with E-state index >= 15 is 0 Å². The Bertz CT molecular complexity index is 580. The first kappa shape index (κ1) is 18.4. The second-order valence-corrected chi connectivity index (χ2v) is 8.36. The van der Waals surface area contributed by atoms with Crippen molar-refractivity contribution >= 4 is 0 Å². The smallest absolute Gasteiger partial charge is 0.0833 e. The number of hydrogen-bond acceptors (Lipinski definition) is 5. The number of hydrogen-bond donors (Lipinski definition) is 0. The number of pyridine rings is 1. The fourth-order valence-corrected chi connectivity index (χ4v) is 4.66. The number of nitrogens with zero attached hydrogens (tertiary/aromatic N) is 3. The number of morpholine rings is 1. The molecule has 26 heavy (non-hydrogen) atoms. The van der Waals surface area contributed by atoms with Gasteiger partial charge in [0.05, 0.1) is 18.8 Å². The van der Waals surface area contributed by atoms with Crippen LogP contribution in [0.25, 0.3) is 0 Å². The van der Waals surface area contributed by atoms with Crippen LogP contribution in [0.4, 0.5) is 0 Å². The van der Waals surface area contributed by atoms with Crippen molar-refractivity contribution in [3.8, 4) is 0 Å².